The molecule has 0 unspecified atom stereocenters. The SMILES string of the molecule is CCCCCCCn1c(CCCCCNC(=O)c2ccc(C)cc2C)nc2ccccc21. The average Bonchev–Trinajstić information content (AvgIpc) is 3.13. The van der Waals surface area contributed by atoms with Gasteiger partial charge in [-0.05, 0) is 56.9 Å². The lowest BCUT2D eigenvalue weighted by atomic mass is 10.1. The summed E-state index contributed by atoms with van der Waals surface area (Å²) < 4.78 is 2.43. The number of nitrogens with zero attached hydrogens (tertiary/aromatic N) is 2. The van der Waals surface area contributed by atoms with Crippen molar-refractivity contribution in [3.63, 3.8) is 0 Å². The van der Waals surface area contributed by atoms with E-state index < -0.39 is 0 Å². The Kier molecular flexibility index (Phi) is 9.33. The van der Waals surface area contributed by atoms with Crippen molar-refractivity contribution in [1.29, 1.82) is 0 Å². The van der Waals surface area contributed by atoms with Gasteiger partial charge in [0.1, 0.15) is 5.82 Å². The fourth-order valence-electron chi connectivity index (χ4n) is 4.39. The molecule has 1 heterocycles. The number of carbonyl (C=O) groups is 1. The van der Waals surface area contributed by atoms with E-state index >= 15 is 0 Å². The van der Waals surface area contributed by atoms with Gasteiger partial charge in [-0.15, -0.1) is 0 Å². The predicted molar refractivity (Wildman–Crippen MR) is 134 cm³/mol. The number of aryl methyl sites for hydroxylation is 4. The van der Waals surface area contributed by atoms with Crippen LogP contribution in [0.3, 0.4) is 0 Å². The van der Waals surface area contributed by atoms with Crippen molar-refractivity contribution in [1.82, 2.24) is 14.9 Å². The number of hydrogen-bond donors (Lipinski definition) is 1. The van der Waals surface area contributed by atoms with Crippen molar-refractivity contribution in [2.45, 2.75) is 85.1 Å². The minimum atomic E-state index is 0.0346. The van der Waals surface area contributed by atoms with E-state index in [2.05, 4.69) is 54.1 Å². The number of nitrogens with one attached hydrogen (secondary N) is 1. The normalized spacial score (nSPS) is 11.2. The van der Waals surface area contributed by atoms with Crippen LogP contribution in [-0.4, -0.2) is 22.0 Å². The first-order valence-corrected chi connectivity index (χ1v) is 12.4. The van der Waals surface area contributed by atoms with Crippen LogP contribution in [0.15, 0.2) is 42.5 Å². The molecule has 3 aromatic rings. The Hall–Kier alpha value is -2.62. The third-order valence-electron chi connectivity index (χ3n) is 6.21. The van der Waals surface area contributed by atoms with Crippen molar-refractivity contribution in [3.8, 4) is 0 Å². The smallest absolute Gasteiger partial charge is 0.251 e. The van der Waals surface area contributed by atoms with Crippen LogP contribution in [0.4, 0.5) is 0 Å². The van der Waals surface area contributed by atoms with Crippen molar-refractivity contribution in [2.24, 2.45) is 0 Å². The maximum atomic E-state index is 12.4. The van der Waals surface area contributed by atoms with Crippen molar-refractivity contribution >= 4 is 16.9 Å². The highest BCUT2D eigenvalue weighted by Gasteiger charge is 2.11. The molecule has 4 nitrogen and oxygen atoms in total. The van der Waals surface area contributed by atoms with E-state index in [9.17, 15) is 4.79 Å². The number of amides is 1. The average molecular weight is 434 g/mol. The molecule has 0 spiro atoms. The maximum Gasteiger partial charge on any atom is 0.251 e. The maximum absolute atomic E-state index is 12.4. The van der Waals surface area contributed by atoms with Gasteiger partial charge in [0.25, 0.3) is 5.91 Å². The lowest BCUT2D eigenvalue weighted by Gasteiger charge is -2.10. The van der Waals surface area contributed by atoms with Crippen LogP contribution in [0.25, 0.3) is 11.0 Å². The minimum absolute atomic E-state index is 0.0346. The van der Waals surface area contributed by atoms with E-state index in [-0.39, 0.29) is 5.91 Å². The van der Waals surface area contributed by atoms with Gasteiger partial charge in [-0.25, -0.2) is 4.98 Å². The Morgan fingerprint density at radius 3 is 2.53 bits per heavy atom. The van der Waals surface area contributed by atoms with E-state index in [1.165, 1.54) is 49.0 Å². The molecule has 0 fully saturated rings. The van der Waals surface area contributed by atoms with Gasteiger partial charge in [-0.1, -0.05) is 68.9 Å². The quantitative estimate of drug-likeness (QED) is 0.302. The zero-order chi connectivity index (χ0) is 22.8. The van der Waals surface area contributed by atoms with Gasteiger partial charge < -0.3 is 9.88 Å². The summed E-state index contributed by atoms with van der Waals surface area (Å²) in [6.45, 7) is 8.09. The first-order chi connectivity index (χ1) is 15.6. The Bertz CT molecular complexity index is 1010. The molecule has 4 heteroatoms. The number of benzene rings is 2. The Morgan fingerprint density at radius 2 is 1.72 bits per heavy atom. The second-order valence-corrected chi connectivity index (χ2v) is 8.97. The van der Waals surface area contributed by atoms with E-state index in [1.54, 1.807) is 0 Å². The zero-order valence-corrected chi connectivity index (χ0v) is 20.1. The lowest BCUT2D eigenvalue weighted by Crippen LogP contribution is -2.25. The van der Waals surface area contributed by atoms with Crippen molar-refractivity contribution < 1.29 is 4.79 Å². The van der Waals surface area contributed by atoms with Gasteiger partial charge in [0, 0.05) is 25.1 Å². The monoisotopic (exact) mass is 433 g/mol. The second-order valence-electron chi connectivity index (χ2n) is 8.97. The standard InChI is InChI=1S/C28H39N3O/c1-4-5-6-7-13-20-31-26-15-11-10-14-25(26)30-27(31)16-9-8-12-19-29-28(32)24-18-17-22(2)21-23(24)3/h10-11,14-15,17-18,21H,4-9,12-13,16,19-20H2,1-3H3,(H,29,32). The molecule has 3 rings (SSSR count). The van der Waals surface area contributed by atoms with Crippen LogP contribution in [0.2, 0.25) is 0 Å². The molecular weight excluding hydrogens is 394 g/mol. The summed E-state index contributed by atoms with van der Waals surface area (Å²) in [6, 6.07) is 14.5. The highest BCUT2D eigenvalue weighted by atomic mass is 16.1. The van der Waals surface area contributed by atoms with E-state index in [4.69, 9.17) is 4.98 Å². The summed E-state index contributed by atoms with van der Waals surface area (Å²) >= 11 is 0. The summed E-state index contributed by atoms with van der Waals surface area (Å²) in [7, 11) is 0. The predicted octanol–water partition coefficient (Wildman–Crippen LogP) is 6.77. The first-order valence-electron chi connectivity index (χ1n) is 12.4. The summed E-state index contributed by atoms with van der Waals surface area (Å²) in [6.07, 6.45) is 10.6. The van der Waals surface area contributed by atoms with Crippen LogP contribution in [0, 0.1) is 13.8 Å². The number of aromatic nitrogens is 2. The molecule has 1 aromatic heterocycles. The number of fused-ring (bicyclic) bond motifs is 1. The highest BCUT2D eigenvalue weighted by Crippen LogP contribution is 2.19. The van der Waals surface area contributed by atoms with Gasteiger partial charge in [0.15, 0.2) is 0 Å². The van der Waals surface area contributed by atoms with E-state index in [0.717, 1.165) is 55.4 Å². The van der Waals surface area contributed by atoms with E-state index in [0.29, 0.717) is 0 Å². The minimum Gasteiger partial charge on any atom is -0.352 e. The number of hydrogen-bond acceptors (Lipinski definition) is 2. The number of unbranched alkanes of at least 4 members (excludes halogenated alkanes) is 6. The third kappa shape index (κ3) is 6.69. The number of carbonyl (C=O) groups excluding carboxylic acids is 1. The molecule has 0 aliphatic rings. The van der Waals surface area contributed by atoms with Gasteiger partial charge in [0.05, 0.1) is 11.0 Å². The van der Waals surface area contributed by atoms with Crippen LogP contribution in [0.1, 0.15) is 85.6 Å². The highest BCUT2D eigenvalue weighted by molar-refractivity contribution is 5.95. The molecule has 0 saturated carbocycles. The first kappa shape index (κ1) is 24.0. The van der Waals surface area contributed by atoms with Gasteiger partial charge in [-0.3, -0.25) is 4.79 Å². The largest absolute Gasteiger partial charge is 0.352 e. The lowest BCUT2D eigenvalue weighted by molar-refractivity contribution is 0.0952. The molecule has 0 aliphatic carbocycles. The second kappa shape index (κ2) is 12.4. The zero-order valence-electron chi connectivity index (χ0n) is 20.1. The summed E-state index contributed by atoms with van der Waals surface area (Å²) in [5.41, 5.74) is 5.38. The molecular formula is C28H39N3O. The van der Waals surface area contributed by atoms with Crippen LogP contribution >= 0.6 is 0 Å². The van der Waals surface area contributed by atoms with Crippen LogP contribution in [0.5, 0.6) is 0 Å². The summed E-state index contributed by atoms with van der Waals surface area (Å²) in [5.74, 6) is 1.24. The molecule has 0 atom stereocenters. The Labute approximate surface area is 193 Å². The number of rotatable bonds is 13. The molecule has 32 heavy (non-hydrogen) atoms. The number of para-hydroxylation sites is 2. The van der Waals surface area contributed by atoms with Gasteiger partial charge in [0.2, 0.25) is 0 Å². The Morgan fingerprint density at radius 1 is 0.938 bits per heavy atom. The molecule has 0 saturated heterocycles. The fraction of sp³-hybridized carbons (Fsp3) is 0.500. The van der Waals surface area contributed by atoms with Gasteiger partial charge >= 0.3 is 0 Å². The van der Waals surface area contributed by atoms with E-state index in [1.807, 2.05) is 19.1 Å². The van der Waals surface area contributed by atoms with Crippen molar-refractivity contribution in [3.05, 3.63) is 65.0 Å². The molecule has 2 aromatic carbocycles. The summed E-state index contributed by atoms with van der Waals surface area (Å²) in [4.78, 5) is 17.3. The topological polar surface area (TPSA) is 46.9 Å². The Balaban J connectivity index is 1.45. The van der Waals surface area contributed by atoms with Crippen LogP contribution < -0.4 is 5.32 Å². The van der Waals surface area contributed by atoms with Gasteiger partial charge in [-0.2, -0.15) is 0 Å². The molecule has 1 amide bonds. The molecule has 172 valence electrons. The molecule has 1 N–H and O–H groups in total. The third-order valence-corrected chi connectivity index (χ3v) is 6.21. The number of imidazole rings is 1. The van der Waals surface area contributed by atoms with Crippen LogP contribution in [-0.2, 0) is 13.0 Å². The summed E-state index contributed by atoms with van der Waals surface area (Å²) in [5, 5.41) is 3.08. The van der Waals surface area contributed by atoms with Crippen molar-refractivity contribution in [2.75, 3.05) is 6.54 Å². The molecule has 0 aliphatic heterocycles. The molecule has 0 radical (unpaired) electrons. The molecule has 0 bridgehead atoms. The fourth-order valence-corrected chi connectivity index (χ4v) is 4.39.